The highest BCUT2D eigenvalue weighted by molar-refractivity contribution is 5.79. The zero-order valence-corrected chi connectivity index (χ0v) is 19.1. The molecule has 2 saturated heterocycles. The molecule has 2 amide bonds. The van der Waals surface area contributed by atoms with E-state index in [2.05, 4.69) is 42.7 Å². The topological polar surface area (TPSA) is 49.3 Å². The van der Waals surface area contributed by atoms with Crippen molar-refractivity contribution in [2.24, 2.45) is 5.41 Å². The number of rotatable bonds is 0. The lowest BCUT2D eigenvalue weighted by Crippen LogP contribution is -2.66. The number of hydrogen-bond donors (Lipinski definition) is 0. The second-order valence-corrected chi connectivity index (χ2v) is 10.4. The molecule has 160 valence electrons. The summed E-state index contributed by atoms with van der Waals surface area (Å²) in [5.74, 6) is 0. The van der Waals surface area contributed by atoms with Crippen LogP contribution in [0.4, 0.5) is 4.79 Å². The molecule has 0 N–H and O–H groups in total. The number of aryl methyl sites for hydroxylation is 2. The second kappa shape index (κ2) is 6.66. The third-order valence-corrected chi connectivity index (χ3v) is 8.66. The van der Waals surface area contributed by atoms with E-state index in [0.717, 1.165) is 67.7 Å². The fourth-order valence-electron chi connectivity index (χ4n) is 6.14. The smallest absolute Gasteiger partial charge is 0.320 e. The van der Waals surface area contributed by atoms with Crippen molar-refractivity contribution in [1.82, 2.24) is 19.8 Å². The summed E-state index contributed by atoms with van der Waals surface area (Å²) in [4.78, 5) is 27.4. The minimum Gasteiger partial charge on any atom is -0.325 e. The van der Waals surface area contributed by atoms with Gasteiger partial charge in [0.05, 0.1) is 22.4 Å². The molecular weight excluding hydrogens is 372 g/mol. The van der Waals surface area contributed by atoms with E-state index in [4.69, 9.17) is 9.97 Å². The number of carbonyl (C=O) groups is 1. The van der Waals surface area contributed by atoms with Gasteiger partial charge in [0.2, 0.25) is 0 Å². The van der Waals surface area contributed by atoms with Gasteiger partial charge in [-0.25, -0.2) is 14.8 Å². The highest BCUT2D eigenvalue weighted by atomic mass is 16.2. The average Bonchev–Trinajstić information content (AvgIpc) is 2.71. The third-order valence-electron chi connectivity index (χ3n) is 8.66. The Balaban J connectivity index is 1.58. The maximum Gasteiger partial charge on any atom is 0.320 e. The van der Waals surface area contributed by atoms with Crippen molar-refractivity contribution in [3.8, 4) is 0 Å². The highest BCUT2D eigenvalue weighted by Crippen LogP contribution is 2.56. The van der Waals surface area contributed by atoms with Gasteiger partial charge >= 0.3 is 6.03 Å². The highest BCUT2D eigenvalue weighted by Gasteiger charge is 2.57. The lowest BCUT2D eigenvalue weighted by molar-refractivity contribution is -0.0241. The van der Waals surface area contributed by atoms with Crippen LogP contribution in [0.2, 0.25) is 0 Å². The van der Waals surface area contributed by atoms with Crippen LogP contribution >= 0.6 is 0 Å². The fraction of sp³-hybridized carbons (Fsp3) is 0.640. The summed E-state index contributed by atoms with van der Waals surface area (Å²) >= 11 is 0. The lowest BCUT2D eigenvalue weighted by atomic mass is 9.51. The minimum atomic E-state index is 0.00451. The van der Waals surface area contributed by atoms with Crippen LogP contribution in [0.15, 0.2) is 12.1 Å². The summed E-state index contributed by atoms with van der Waals surface area (Å²) in [6, 6.07) is 5.02. The Morgan fingerprint density at radius 2 is 1.60 bits per heavy atom. The van der Waals surface area contributed by atoms with Crippen molar-refractivity contribution in [2.45, 2.75) is 78.2 Å². The summed E-state index contributed by atoms with van der Waals surface area (Å²) < 4.78 is 0. The zero-order valence-electron chi connectivity index (χ0n) is 19.1. The van der Waals surface area contributed by atoms with E-state index in [0.29, 0.717) is 0 Å². The minimum absolute atomic E-state index is 0.00451. The van der Waals surface area contributed by atoms with Gasteiger partial charge in [-0.05, 0) is 74.6 Å². The standard InChI is InChI=1S/C25H34N4O/c1-16-17(2)27-21-15-19-18(13-20(21)26-16)14-22-24(3,4)25(19,5)9-12-29(22)23(30)28-10-7-6-8-11-28/h13,15,22H,6-12,14H2,1-5H3/t22-,25+/m1/s1. The fourth-order valence-corrected chi connectivity index (χ4v) is 6.14. The van der Waals surface area contributed by atoms with Crippen LogP contribution in [0.1, 0.15) is 69.0 Å². The van der Waals surface area contributed by atoms with Crippen molar-refractivity contribution in [2.75, 3.05) is 19.6 Å². The number of hydrogen-bond acceptors (Lipinski definition) is 3. The Labute approximate surface area is 179 Å². The molecule has 0 radical (unpaired) electrons. The maximum atomic E-state index is 13.5. The number of piperidine rings is 2. The average molecular weight is 407 g/mol. The van der Waals surface area contributed by atoms with Gasteiger partial charge in [0.15, 0.2) is 0 Å². The van der Waals surface area contributed by atoms with Crippen molar-refractivity contribution < 1.29 is 4.79 Å². The number of nitrogens with zero attached hydrogens (tertiary/aromatic N) is 4. The molecule has 5 rings (SSSR count). The number of benzene rings is 1. The first-order valence-electron chi connectivity index (χ1n) is 11.6. The Morgan fingerprint density at radius 1 is 0.967 bits per heavy atom. The molecule has 0 unspecified atom stereocenters. The summed E-state index contributed by atoms with van der Waals surface area (Å²) in [6.07, 6.45) is 5.42. The molecule has 1 aliphatic carbocycles. The summed E-state index contributed by atoms with van der Waals surface area (Å²) in [5, 5.41) is 0. The van der Waals surface area contributed by atoms with Gasteiger partial charge in [-0.1, -0.05) is 20.8 Å². The first kappa shape index (κ1) is 19.8. The predicted molar refractivity (Wildman–Crippen MR) is 120 cm³/mol. The van der Waals surface area contributed by atoms with Crippen molar-refractivity contribution in [1.29, 1.82) is 0 Å². The molecule has 5 heteroatoms. The van der Waals surface area contributed by atoms with E-state index < -0.39 is 0 Å². The molecule has 2 aliphatic heterocycles. The number of fused-ring (bicyclic) bond motifs is 5. The zero-order chi connectivity index (χ0) is 21.3. The second-order valence-electron chi connectivity index (χ2n) is 10.4. The first-order valence-corrected chi connectivity index (χ1v) is 11.6. The molecule has 3 aliphatic rings. The molecule has 2 bridgehead atoms. The van der Waals surface area contributed by atoms with E-state index in [1.54, 1.807) is 0 Å². The van der Waals surface area contributed by atoms with Crippen molar-refractivity contribution in [3.63, 3.8) is 0 Å². The lowest BCUT2D eigenvalue weighted by Gasteiger charge is -2.61. The van der Waals surface area contributed by atoms with E-state index in [9.17, 15) is 4.79 Å². The Hall–Kier alpha value is -2.17. The number of likely N-dealkylation sites (tertiary alicyclic amines) is 2. The van der Waals surface area contributed by atoms with Gasteiger partial charge in [0, 0.05) is 31.1 Å². The van der Waals surface area contributed by atoms with E-state index in [-0.39, 0.29) is 22.9 Å². The van der Waals surface area contributed by atoms with Crippen LogP contribution in [0.3, 0.4) is 0 Å². The SMILES string of the molecule is Cc1nc2cc3c(cc2nc1C)[C@]1(C)CCN(C(=O)N2CCCCC2)[C@H](C3)C1(C)C. The van der Waals surface area contributed by atoms with E-state index >= 15 is 0 Å². The maximum absolute atomic E-state index is 13.5. The monoisotopic (exact) mass is 406 g/mol. The van der Waals surface area contributed by atoms with Gasteiger partial charge in [0.25, 0.3) is 0 Å². The number of aromatic nitrogens is 2. The van der Waals surface area contributed by atoms with Crippen molar-refractivity contribution in [3.05, 3.63) is 34.6 Å². The summed E-state index contributed by atoms with van der Waals surface area (Å²) in [7, 11) is 0. The van der Waals surface area contributed by atoms with E-state index in [1.807, 2.05) is 13.8 Å². The number of amides is 2. The van der Waals surface area contributed by atoms with Crippen LogP contribution in [-0.4, -0.2) is 51.5 Å². The number of urea groups is 1. The largest absolute Gasteiger partial charge is 0.325 e. The Kier molecular flexibility index (Phi) is 4.39. The van der Waals surface area contributed by atoms with Crippen molar-refractivity contribution >= 4 is 17.1 Å². The summed E-state index contributed by atoms with van der Waals surface area (Å²) in [5.41, 5.74) is 6.77. The summed E-state index contributed by atoms with van der Waals surface area (Å²) in [6.45, 7) is 13.9. The van der Waals surface area contributed by atoms with Gasteiger partial charge < -0.3 is 9.80 Å². The van der Waals surface area contributed by atoms with Gasteiger partial charge in [-0.2, -0.15) is 0 Å². The van der Waals surface area contributed by atoms with Crippen LogP contribution in [0, 0.1) is 19.3 Å². The van der Waals surface area contributed by atoms with Crippen LogP contribution in [-0.2, 0) is 11.8 Å². The van der Waals surface area contributed by atoms with Gasteiger partial charge in [-0.15, -0.1) is 0 Å². The first-order chi connectivity index (χ1) is 14.2. The molecule has 0 spiro atoms. The third kappa shape index (κ3) is 2.70. The predicted octanol–water partition coefficient (Wildman–Crippen LogP) is 4.77. The van der Waals surface area contributed by atoms with Gasteiger partial charge in [0.1, 0.15) is 0 Å². The molecule has 2 aromatic rings. The van der Waals surface area contributed by atoms with Crippen LogP contribution in [0.5, 0.6) is 0 Å². The molecule has 1 aromatic carbocycles. The van der Waals surface area contributed by atoms with Gasteiger partial charge in [-0.3, -0.25) is 0 Å². The molecule has 0 saturated carbocycles. The van der Waals surface area contributed by atoms with Crippen LogP contribution in [0.25, 0.3) is 11.0 Å². The molecule has 3 heterocycles. The molecule has 5 nitrogen and oxygen atoms in total. The molecule has 2 atom stereocenters. The number of carbonyl (C=O) groups excluding carboxylic acids is 1. The molecule has 1 aromatic heterocycles. The Bertz CT molecular complexity index is 1020. The molecule has 2 fully saturated rings. The normalized spacial score (nSPS) is 27.8. The quantitative estimate of drug-likeness (QED) is 0.633. The molecule has 30 heavy (non-hydrogen) atoms. The Morgan fingerprint density at radius 3 is 2.27 bits per heavy atom. The molecular formula is C25H34N4O. The van der Waals surface area contributed by atoms with E-state index in [1.165, 1.54) is 17.5 Å². The van der Waals surface area contributed by atoms with Crippen LogP contribution < -0.4 is 0 Å².